The van der Waals surface area contributed by atoms with Crippen LogP contribution in [0.15, 0.2) is 48.5 Å². The Labute approximate surface area is 197 Å². The highest BCUT2D eigenvalue weighted by atomic mass is 32.2. The first-order valence-corrected chi connectivity index (χ1v) is 13.1. The highest BCUT2D eigenvalue weighted by Gasteiger charge is 2.31. The first-order chi connectivity index (χ1) is 15.6. The van der Waals surface area contributed by atoms with Crippen LogP contribution in [0.25, 0.3) is 0 Å². The van der Waals surface area contributed by atoms with Gasteiger partial charge in [0.15, 0.2) is 0 Å². The number of amides is 2. The Morgan fingerprint density at radius 3 is 2.21 bits per heavy atom. The van der Waals surface area contributed by atoms with E-state index in [-0.39, 0.29) is 19.0 Å². The molecular weight excluding hydrogens is 438 g/mol. The summed E-state index contributed by atoms with van der Waals surface area (Å²) in [5.41, 5.74) is 3.27. The number of carbonyl (C=O) groups excluding carboxylic acids is 2. The fraction of sp³-hybridized carbons (Fsp3) is 0.440. The Bertz CT molecular complexity index is 1050. The highest BCUT2D eigenvalue weighted by molar-refractivity contribution is 7.92. The lowest BCUT2D eigenvalue weighted by Gasteiger charge is -2.33. The quantitative estimate of drug-likeness (QED) is 0.542. The highest BCUT2D eigenvalue weighted by Crippen LogP contribution is 2.21. The third kappa shape index (κ3) is 7.60. The molecule has 0 aromatic heterocycles. The number of sulfonamides is 1. The van der Waals surface area contributed by atoms with Crippen molar-refractivity contribution >= 4 is 27.5 Å². The number of hydrogen-bond acceptors (Lipinski definition) is 4. The van der Waals surface area contributed by atoms with Crippen molar-refractivity contribution in [3.05, 3.63) is 65.2 Å². The average Bonchev–Trinajstić information content (AvgIpc) is 2.76. The zero-order valence-corrected chi connectivity index (χ0v) is 21.0. The van der Waals surface area contributed by atoms with Gasteiger partial charge in [-0.25, -0.2) is 8.42 Å². The van der Waals surface area contributed by atoms with Crippen molar-refractivity contribution in [1.82, 2.24) is 10.2 Å². The van der Waals surface area contributed by atoms with E-state index in [1.54, 1.807) is 18.2 Å². The number of aryl methyl sites for hydroxylation is 2. The second-order valence-corrected chi connectivity index (χ2v) is 10.2. The van der Waals surface area contributed by atoms with E-state index >= 15 is 0 Å². The van der Waals surface area contributed by atoms with Gasteiger partial charge in [-0.3, -0.25) is 13.9 Å². The van der Waals surface area contributed by atoms with Crippen LogP contribution in [0.5, 0.6) is 0 Å². The minimum absolute atomic E-state index is 0.211. The van der Waals surface area contributed by atoms with E-state index in [0.717, 1.165) is 33.7 Å². The lowest BCUT2D eigenvalue weighted by molar-refractivity contribution is -0.140. The summed E-state index contributed by atoms with van der Waals surface area (Å²) in [5.74, 6) is -0.665. The molecule has 0 aliphatic rings. The van der Waals surface area contributed by atoms with E-state index < -0.39 is 22.0 Å². The van der Waals surface area contributed by atoms with Crippen LogP contribution in [0, 0.1) is 13.8 Å². The SMILES string of the molecule is CCCNC(=O)C(CC)N(Cc1ccc(C)cc1)C(=O)CN(c1cccc(C)c1)S(C)(=O)=O. The van der Waals surface area contributed by atoms with E-state index in [0.29, 0.717) is 18.7 Å². The molecule has 0 saturated carbocycles. The third-order valence-corrected chi connectivity index (χ3v) is 6.52. The largest absolute Gasteiger partial charge is 0.354 e. The zero-order valence-electron chi connectivity index (χ0n) is 20.2. The molecule has 0 radical (unpaired) electrons. The number of rotatable bonds is 11. The van der Waals surface area contributed by atoms with Gasteiger partial charge in [0, 0.05) is 13.1 Å². The van der Waals surface area contributed by atoms with E-state index in [2.05, 4.69) is 5.32 Å². The van der Waals surface area contributed by atoms with Gasteiger partial charge >= 0.3 is 0 Å². The number of benzene rings is 2. The lowest BCUT2D eigenvalue weighted by atomic mass is 10.1. The summed E-state index contributed by atoms with van der Waals surface area (Å²) in [5, 5.41) is 2.87. The maximum absolute atomic E-state index is 13.5. The first kappa shape index (κ1) is 26.4. The van der Waals surface area contributed by atoms with E-state index in [4.69, 9.17) is 0 Å². The number of anilines is 1. The van der Waals surface area contributed by atoms with Crippen molar-refractivity contribution in [2.24, 2.45) is 0 Å². The number of hydrogen-bond donors (Lipinski definition) is 1. The van der Waals surface area contributed by atoms with Crippen molar-refractivity contribution in [3.63, 3.8) is 0 Å². The van der Waals surface area contributed by atoms with Crippen LogP contribution in [0.1, 0.15) is 43.4 Å². The van der Waals surface area contributed by atoms with E-state index in [1.165, 1.54) is 4.90 Å². The summed E-state index contributed by atoms with van der Waals surface area (Å²) in [4.78, 5) is 27.9. The molecule has 0 bridgehead atoms. The Balaban J connectivity index is 2.41. The van der Waals surface area contributed by atoms with Gasteiger partial charge in [0.25, 0.3) is 0 Å². The molecule has 0 aliphatic heterocycles. The van der Waals surface area contributed by atoms with Crippen LogP contribution >= 0.6 is 0 Å². The van der Waals surface area contributed by atoms with Gasteiger partial charge in [-0.05, 0) is 49.9 Å². The van der Waals surface area contributed by atoms with Gasteiger partial charge in [0.2, 0.25) is 21.8 Å². The summed E-state index contributed by atoms with van der Waals surface area (Å²) in [6.07, 6.45) is 2.28. The molecule has 1 unspecified atom stereocenters. The fourth-order valence-electron chi connectivity index (χ4n) is 3.57. The molecule has 7 nitrogen and oxygen atoms in total. The standard InChI is InChI=1S/C25H35N3O4S/c1-6-15-26-25(30)23(7-2)27(17-21-13-11-19(3)12-14-21)24(29)18-28(33(5,31)32)22-10-8-9-20(4)16-22/h8-14,16,23H,6-7,15,17-18H2,1-5H3,(H,26,30). The smallest absolute Gasteiger partial charge is 0.244 e. The van der Waals surface area contributed by atoms with Crippen molar-refractivity contribution < 1.29 is 18.0 Å². The normalized spacial score (nSPS) is 12.2. The molecular formula is C25H35N3O4S. The number of nitrogens with zero attached hydrogens (tertiary/aromatic N) is 2. The molecule has 33 heavy (non-hydrogen) atoms. The zero-order chi connectivity index (χ0) is 24.6. The molecule has 8 heteroatoms. The van der Waals surface area contributed by atoms with Crippen LogP contribution in [0.4, 0.5) is 5.69 Å². The van der Waals surface area contributed by atoms with Crippen LogP contribution in [-0.4, -0.2) is 50.5 Å². The first-order valence-electron chi connectivity index (χ1n) is 11.2. The van der Waals surface area contributed by atoms with Crippen molar-refractivity contribution in [2.45, 2.75) is 53.1 Å². The van der Waals surface area contributed by atoms with Gasteiger partial charge in [-0.2, -0.15) is 0 Å². The number of carbonyl (C=O) groups is 2. The average molecular weight is 474 g/mol. The Morgan fingerprint density at radius 1 is 1.00 bits per heavy atom. The minimum atomic E-state index is -3.72. The molecule has 0 saturated heterocycles. The summed E-state index contributed by atoms with van der Waals surface area (Å²) >= 11 is 0. The van der Waals surface area contributed by atoms with Crippen molar-refractivity contribution in [2.75, 3.05) is 23.7 Å². The van der Waals surface area contributed by atoms with Crippen molar-refractivity contribution in [3.8, 4) is 0 Å². The molecule has 0 heterocycles. The van der Waals surface area contributed by atoms with Crippen LogP contribution in [0.3, 0.4) is 0 Å². The van der Waals surface area contributed by atoms with Gasteiger partial charge in [-0.15, -0.1) is 0 Å². The van der Waals surface area contributed by atoms with Crippen LogP contribution in [0.2, 0.25) is 0 Å². The molecule has 2 aromatic rings. The second-order valence-electron chi connectivity index (χ2n) is 8.33. The molecule has 0 fully saturated rings. The third-order valence-electron chi connectivity index (χ3n) is 5.38. The second kappa shape index (κ2) is 11.8. The Hall–Kier alpha value is -2.87. The number of nitrogens with one attached hydrogen (secondary N) is 1. The van der Waals surface area contributed by atoms with Gasteiger partial charge in [0.1, 0.15) is 12.6 Å². The molecule has 0 aliphatic carbocycles. The fourth-order valence-corrected chi connectivity index (χ4v) is 4.41. The van der Waals surface area contributed by atoms with Crippen LogP contribution < -0.4 is 9.62 Å². The molecule has 1 N–H and O–H groups in total. The molecule has 2 rings (SSSR count). The minimum Gasteiger partial charge on any atom is -0.354 e. The summed E-state index contributed by atoms with van der Waals surface area (Å²) in [6.45, 7) is 7.99. The summed E-state index contributed by atoms with van der Waals surface area (Å²) < 4.78 is 26.3. The van der Waals surface area contributed by atoms with Gasteiger partial charge < -0.3 is 10.2 Å². The van der Waals surface area contributed by atoms with E-state index in [1.807, 2.05) is 58.0 Å². The Morgan fingerprint density at radius 2 is 1.67 bits per heavy atom. The van der Waals surface area contributed by atoms with Gasteiger partial charge in [0.05, 0.1) is 11.9 Å². The maximum atomic E-state index is 13.5. The summed E-state index contributed by atoms with van der Waals surface area (Å²) in [7, 11) is -3.72. The van der Waals surface area contributed by atoms with Crippen molar-refractivity contribution in [1.29, 1.82) is 0 Å². The topological polar surface area (TPSA) is 86.8 Å². The molecule has 2 aromatic carbocycles. The monoisotopic (exact) mass is 473 g/mol. The predicted octanol–water partition coefficient (Wildman–Crippen LogP) is 3.40. The molecule has 1 atom stereocenters. The van der Waals surface area contributed by atoms with E-state index in [9.17, 15) is 18.0 Å². The summed E-state index contributed by atoms with van der Waals surface area (Å²) in [6, 6.07) is 14.0. The predicted molar refractivity (Wildman–Crippen MR) is 132 cm³/mol. The Kier molecular flexibility index (Phi) is 9.46. The van der Waals surface area contributed by atoms with Gasteiger partial charge in [-0.1, -0.05) is 55.8 Å². The molecule has 180 valence electrons. The molecule has 0 spiro atoms. The lowest BCUT2D eigenvalue weighted by Crippen LogP contribution is -2.52. The maximum Gasteiger partial charge on any atom is 0.244 e. The van der Waals surface area contributed by atoms with Crippen LogP contribution in [-0.2, 0) is 26.2 Å². The molecule has 2 amide bonds.